The highest BCUT2D eigenvalue weighted by Crippen LogP contribution is 2.22. The minimum atomic E-state index is -0.162. The summed E-state index contributed by atoms with van der Waals surface area (Å²) < 4.78 is 0. The van der Waals surface area contributed by atoms with Crippen molar-refractivity contribution in [2.75, 3.05) is 29.6 Å². The standard InChI is InChI=1S/C20H26N4O2S/c1-14-17(19(26)23-20(21-14)27-2)10-11-18(25)22-15-6-8-16(9-7-15)24-12-4-3-5-13-24/h6-9H,3-5,10-13H2,1-2H3,(H,22,25)(H,21,23,26). The average molecular weight is 387 g/mol. The van der Waals surface area contributed by atoms with Gasteiger partial charge in [-0.15, -0.1) is 0 Å². The Bertz CT molecular complexity index is 842. The van der Waals surface area contributed by atoms with Gasteiger partial charge in [-0.05, 0) is 63.1 Å². The fourth-order valence-corrected chi connectivity index (χ4v) is 3.77. The molecule has 0 spiro atoms. The lowest BCUT2D eigenvalue weighted by Gasteiger charge is -2.28. The second-order valence-corrected chi connectivity index (χ2v) is 7.58. The number of thioether (sulfide) groups is 1. The van der Waals surface area contributed by atoms with E-state index in [1.54, 1.807) is 0 Å². The highest BCUT2D eigenvalue weighted by molar-refractivity contribution is 7.98. The molecule has 2 aromatic rings. The molecule has 0 aliphatic carbocycles. The predicted octanol–water partition coefficient (Wildman–Crippen LogP) is 3.36. The maximum atomic E-state index is 12.3. The summed E-state index contributed by atoms with van der Waals surface area (Å²) in [6.07, 6.45) is 6.27. The van der Waals surface area contributed by atoms with Crippen molar-refractivity contribution in [3.8, 4) is 0 Å². The summed E-state index contributed by atoms with van der Waals surface area (Å²) in [6.45, 7) is 4.01. The first kappa shape index (κ1) is 19.5. The summed E-state index contributed by atoms with van der Waals surface area (Å²) in [6, 6.07) is 7.99. The molecule has 1 aromatic carbocycles. The Morgan fingerprint density at radius 1 is 1.22 bits per heavy atom. The van der Waals surface area contributed by atoms with Crippen LogP contribution in [-0.4, -0.2) is 35.2 Å². The summed E-state index contributed by atoms with van der Waals surface area (Å²) in [7, 11) is 0. The first-order valence-electron chi connectivity index (χ1n) is 9.35. The summed E-state index contributed by atoms with van der Waals surface area (Å²) in [4.78, 5) is 33.9. The lowest BCUT2D eigenvalue weighted by Crippen LogP contribution is -2.29. The fraction of sp³-hybridized carbons (Fsp3) is 0.450. The molecule has 2 heterocycles. The zero-order valence-electron chi connectivity index (χ0n) is 15.9. The summed E-state index contributed by atoms with van der Waals surface area (Å²) >= 11 is 1.39. The molecule has 1 saturated heterocycles. The number of benzene rings is 1. The van der Waals surface area contributed by atoms with Crippen LogP contribution in [-0.2, 0) is 11.2 Å². The molecular formula is C20H26N4O2S. The zero-order valence-corrected chi connectivity index (χ0v) is 16.7. The van der Waals surface area contributed by atoms with E-state index >= 15 is 0 Å². The number of carbonyl (C=O) groups excluding carboxylic acids is 1. The number of piperidine rings is 1. The number of nitrogens with zero attached hydrogens (tertiary/aromatic N) is 2. The van der Waals surface area contributed by atoms with Crippen LogP contribution in [0.25, 0.3) is 0 Å². The third kappa shape index (κ3) is 5.13. The van der Waals surface area contributed by atoms with Crippen molar-refractivity contribution in [2.24, 2.45) is 0 Å². The number of nitrogens with one attached hydrogen (secondary N) is 2. The highest BCUT2D eigenvalue weighted by Gasteiger charge is 2.12. The Balaban J connectivity index is 1.56. The number of anilines is 2. The third-order valence-electron chi connectivity index (χ3n) is 4.87. The topological polar surface area (TPSA) is 78.1 Å². The van der Waals surface area contributed by atoms with Crippen LogP contribution in [0.5, 0.6) is 0 Å². The lowest BCUT2D eigenvalue weighted by atomic mass is 10.1. The molecule has 144 valence electrons. The molecule has 6 nitrogen and oxygen atoms in total. The molecule has 0 bridgehead atoms. The van der Waals surface area contributed by atoms with E-state index in [9.17, 15) is 9.59 Å². The number of hydrogen-bond donors (Lipinski definition) is 2. The van der Waals surface area contributed by atoms with Gasteiger partial charge in [-0.2, -0.15) is 0 Å². The molecule has 0 atom stereocenters. The van der Waals surface area contributed by atoms with Crippen LogP contribution in [0.3, 0.4) is 0 Å². The number of rotatable bonds is 6. The van der Waals surface area contributed by atoms with Crippen molar-refractivity contribution in [3.05, 3.63) is 45.9 Å². The molecule has 0 unspecified atom stereocenters. The fourth-order valence-electron chi connectivity index (χ4n) is 3.35. The van der Waals surface area contributed by atoms with Crippen LogP contribution in [0.4, 0.5) is 11.4 Å². The van der Waals surface area contributed by atoms with E-state index in [-0.39, 0.29) is 17.9 Å². The molecule has 0 saturated carbocycles. The number of aryl methyl sites for hydroxylation is 1. The van der Waals surface area contributed by atoms with Crippen molar-refractivity contribution in [3.63, 3.8) is 0 Å². The molecule has 1 aliphatic heterocycles. The molecule has 0 radical (unpaired) electrons. The maximum Gasteiger partial charge on any atom is 0.254 e. The zero-order chi connectivity index (χ0) is 19.2. The minimum absolute atomic E-state index is 0.103. The Hall–Kier alpha value is -2.28. The number of hydrogen-bond acceptors (Lipinski definition) is 5. The Kier molecular flexibility index (Phi) is 6.55. The van der Waals surface area contributed by atoms with Gasteiger partial charge in [-0.3, -0.25) is 9.59 Å². The van der Waals surface area contributed by atoms with Crippen LogP contribution >= 0.6 is 11.8 Å². The van der Waals surface area contributed by atoms with Gasteiger partial charge in [0, 0.05) is 42.1 Å². The largest absolute Gasteiger partial charge is 0.372 e. The summed E-state index contributed by atoms with van der Waals surface area (Å²) in [5, 5.41) is 3.51. The predicted molar refractivity (Wildman–Crippen MR) is 111 cm³/mol. The molecule has 1 fully saturated rings. The van der Waals surface area contributed by atoms with Gasteiger partial charge in [-0.1, -0.05) is 11.8 Å². The molecular weight excluding hydrogens is 360 g/mol. The number of amides is 1. The van der Waals surface area contributed by atoms with E-state index in [1.807, 2.05) is 25.3 Å². The molecule has 2 N–H and O–H groups in total. The average Bonchev–Trinajstić information content (AvgIpc) is 2.68. The first-order valence-corrected chi connectivity index (χ1v) is 10.6. The van der Waals surface area contributed by atoms with Crippen LogP contribution < -0.4 is 15.8 Å². The quantitative estimate of drug-likeness (QED) is 0.588. The van der Waals surface area contributed by atoms with E-state index in [0.717, 1.165) is 18.8 Å². The summed E-state index contributed by atoms with van der Waals surface area (Å²) in [5.74, 6) is -0.103. The normalized spacial score (nSPS) is 14.2. The van der Waals surface area contributed by atoms with Crippen molar-refractivity contribution in [1.82, 2.24) is 9.97 Å². The number of H-pyrrole nitrogens is 1. The monoisotopic (exact) mass is 386 g/mol. The number of aromatic amines is 1. The Labute approximate surface area is 163 Å². The highest BCUT2D eigenvalue weighted by atomic mass is 32.2. The van der Waals surface area contributed by atoms with Crippen molar-refractivity contribution in [2.45, 2.75) is 44.2 Å². The van der Waals surface area contributed by atoms with Gasteiger partial charge in [0.2, 0.25) is 5.91 Å². The molecule has 1 amide bonds. The first-order chi connectivity index (χ1) is 13.1. The second kappa shape index (κ2) is 9.08. The van der Waals surface area contributed by atoms with E-state index in [2.05, 4.69) is 32.3 Å². The van der Waals surface area contributed by atoms with Crippen molar-refractivity contribution >= 4 is 29.0 Å². The minimum Gasteiger partial charge on any atom is -0.372 e. The molecule has 1 aliphatic rings. The second-order valence-electron chi connectivity index (χ2n) is 6.78. The van der Waals surface area contributed by atoms with Crippen LogP contribution in [0.15, 0.2) is 34.2 Å². The van der Waals surface area contributed by atoms with Crippen molar-refractivity contribution in [1.29, 1.82) is 0 Å². The molecule has 27 heavy (non-hydrogen) atoms. The Morgan fingerprint density at radius 3 is 2.56 bits per heavy atom. The van der Waals surface area contributed by atoms with Crippen LogP contribution in [0, 0.1) is 6.92 Å². The van der Waals surface area contributed by atoms with E-state index in [4.69, 9.17) is 0 Å². The molecule has 7 heteroatoms. The van der Waals surface area contributed by atoms with Crippen LogP contribution in [0.2, 0.25) is 0 Å². The van der Waals surface area contributed by atoms with Gasteiger partial charge in [0.1, 0.15) is 0 Å². The van der Waals surface area contributed by atoms with Gasteiger partial charge in [0.25, 0.3) is 5.56 Å². The number of carbonyl (C=O) groups is 1. The van der Waals surface area contributed by atoms with Gasteiger partial charge in [-0.25, -0.2) is 4.98 Å². The lowest BCUT2D eigenvalue weighted by molar-refractivity contribution is -0.116. The van der Waals surface area contributed by atoms with Gasteiger partial charge >= 0.3 is 0 Å². The van der Waals surface area contributed by atoms with E-state index < -0.39 is 0 Å². The van der Waals surface area contributed by atoms with Gasteiger partial charge in [0.05, 0.1) is 0 Å². The van der Waals surface area contributed by atoms with Gasteiger partial charge < -0.3 is 15.2 Å². The van der Waals surface area contributed by atoms with Crippen molar-refractivity contribution < 1.29 is 4.79 Å². The van der Waals surface area contributed by atoms with Crippen LogP contribution in [0.1, 0.15) is 36.9 Å². The third-order valence-corrected chi connectivity index (χ3v) is 5.45. The van der Waals surface area contributed by atoms with E-state index in [0.29, 0.717) is 22.8 Å². The summed E-state index contributed by atoms with van der Waals surface area (Å²) in [5.41, 5.74) is 3.08. The van der Waals surface area contributed by atoms with E-state index in [1.165, 1.54) is 36.7 Å². The molecule has 3 rings (SSSR count). The van der Waals surface area contributed by atoms with Gasteiger partial charge in [0.15, 0.2) is 5.16 Å². The number of aromatic nitrogens is 2. The molecule has 1 aromatic heterocycles. The maximum absolute atomic E-state index is 12.3. The SMILES string of the molecule is CSc1nc(C)c(CCC(=O)Nc2ccc(N3CCCCC3)cc2)c(=O)[nH]1. The Morgan fingerprint density at radius 2 is 1.93 bits per heavy atom. The smallest absolute Gasteiger partial charge is 0.254 e.